The van der Waals surface area contributed by atoms with Crippen molar-refractivity contribution < 1.29 is 57.4 Å². The summed E-state index contributed by atoms with van der Waals surface area (Å²) < 4.78 is 39.4. The molecule has 0 saturated heterocycles. The highest BCUT2D eigenvalue weighted by atomic mass is 31.2. The first kappa shape index (κ1) is 24.6. The molecule has 0 aliphatic rings. The molecule has 11 N–H and O–H groups in total. The van der Waals surface area contributed by atoms with Gasteiger partial charge in [0.05, 0.1) is 0 Å². The first-order valence-corrected chi connectivity index (χ1v) is 10.8. The third-order valence-corrected chi connectivity index (χ3v) is 6.63. The summed E-state index contributed by atoms with van der Waals surface area (Å²) in [5, 5.41) is 0. The number of hydrogen-bond donors (Lipinski definition) is 9. The lowest BCUT2D eigenvalue weighted by molar-refractivity contribution is 0.352. The second-order valence-corrected chi connectivity index (χ2v) is 10.5. The van der Waals surface area contributed by atoms with E-state index in [1.165, 1.54) is 0 Å². The Hall–Kier alpha value is 0.560. The lowest BCUT2D eigenvalue weighted by Gasteiger charge is -2.03. The van der Waals surface area contributed by atoms with E-state index in [1.807, 2.05) is 0 Å². The SMILES string of the molecule is N.O=P(O)(O)CP(=O)(O)O.O=P(O)(O)CP(=O)(O)O. The summed E-state index contributed by atoms with van der Waals surface area (Å²) >= 11 is 0. The highest BCUT2D eigenvalue weighted by Gasteiger charge is 2.27. The van der Waals surface area contributed by atoms with E-state index in [2.05, 4.69) is 0 Å². The zero-order valence-corrected chi connectivity index (χ0v) is 12.7. The maximum absolute atomic E-state index is 9.85. The molecule has 0 aliphatic carbocycles. The van der Waals surface area contributed by atoms with Gasteiger partial charge >= 0.3 is 30.4 Å². The molecule has 0 aromatic carbocycles. The standard InChI is InChI=1S/2CH6O6P2.H3N/c2*2-8(3,4)1-9(5,6)7;/h2*1H2,(H2,2,3,4)(H2,5,6,7);1H3. The van der Waals surface area contributed by atoms with Crippen molar-refractivity contribution >= 4 is 30.4 Å². The Morgan fingerprint density at radius 2 is 0.579 bits per heavy atom. The smallest absolute Gasteiger partial charge is 0.337 e. The fourth-order valence-corrected chi connectivity index (χ4v) is 4.32. The second kappa shape index (κ2) is 8.11. The first-order valence-electron chi connectivity index (χ1n) is 3.60. The van der Waals surface area contributed by atoms with Crippen LogP contribution in [-0.4, -0.2) is 51.0 Å². The minimum atomic E-state index is -4.55. The van der Waals surface area contributed by atoms with Crippen LogP contribution < -0.4 is 6.15 Å². The van der Waals surface area contributed by atoms with E-state index in [-0.39, 0.29) is 6.15 Å². The fraction of sp³-hybridized carbons (Fsp3) is 1.00. The highest BCUT2D eigenvalue weighted by molar-refractivity contribution is 7.69. The molecule has 0 bridgehead atoms. The first-order chi connectivity index (χ1) is 7.41. The van der Waals surface area contributed by atoms with Crippen molar-refractivity contribution in [3.8, 4) is 0 Å². The van der Waals surface area contributed by atoms with E-state index >= 15 is 0 Å². The molecule has 13 nitrogen and oxygen atoms in total. The van der Waals surface area contributed by atoms with Gasteiger partial charge in [-0.1, -0.05) is 0 Å². The van der Waals surface area contributed by atoms with Gasteiger partial charge in [-0.3, -0.25) is 18.3 Å². The molecule has 0 saturated carbocycles. The van der Waals surface area contributed by atoms with Crippen LogP contribution in [0, 0.1) is 0 Å². The van der Waals surface area contributed by atoms with Crippen LogP contribution in [0.25, 0.3) is 0 Å². The Bertz CT molecular complexity index is 351. The highest BCUT2D eigenvalue weighted by Crippen LogP contribution is 2.52. The van der Waals surface area contributed by atoms with Crippen molar-refractivity contribution in [2.45, 2.75) is 0 Å². The molecule has 0 aromatic rings. The molecule has 0 radical (unpaired) electrons. The quantitative estimate of drug-likeness (QED) is 0.263. The summed E-state index contributed by atoms with van der Waals surface area (Å²) in [5.74, 6) is -2.75. The summed E-state index contributed by atoms with van der Waals surface area (Å²) in [6.07, 6.45) is 0. The van der Waals surface area contributed by atoms with E-state index in [4.69, 9.17) is 39.1 Å². The van der Waals surface area contributed by atoms with E-state index < -0.39 is 42.2 Å². The molecule has 0 rings (SSSR count). The van der Waals surface area contributed by atoms with Crippen LogP contribution in [0.5, 0.6) is 0 Å². The van der Waals surface area contributed by atoms with Gasteiger partial charge in [0.1, 0.15) is 0 Å². The summed E-state index contributed by atoms with van der Waals surface area (Å²) in [7, 11) is -18.2. The molecule has 17 heteroatoms. The Morgan fingerprint density at radius 1 is 0.474 bits per heavy atom. The van der Waals surface area contributed by atoms with Crippen LogP contribution in [0.15, 0.2) is 0 Å². The van der Waals surface area contributed by atoms with Crippen LogP contribution in [0.3, 0.4) is 0 Å². The van der Waals surface area contributed by atoms with Gasteiger partial charge in [-0.15, -0.1) is 0 Å². The summed E-state index contributed by atoms with van der Waals surface area (Å²) in [6.45, 7) is 0. The molecular formula is C2H15NO12P4. The largest absolute Gasteiger partial charge is 0.344 e. The van der Waals surface area contributed by atoms with E-state index in [9.17, 15) is 18.3 Å². The predicted octanol–water partition coefficient (Wildman–Crippen LogP) is -1.24. The molecule has 0 spiro atoms. The van der Waals surface area contributed by atoms with Crippen molar-refractivity contribution in [1.82, 2.24) is 6.15 Å². The van der Waals surface area contributed by atoms with Crippen LogP contribution in [0.2, 0.25) is 0 Å². The average Bonchev–Trinajstić information content (AvgIpc) is 1.64. The van der Waals surface area contributed by atoms with Gasteiger partial charge in [-0.25, -0.2) is 0 Å². The second-order valence-electron chi connectivity index (χ2n) is 2.94. The van der Waals surface area contributed by atoms with Gasteiger partial charge in [0, 0.05) is 0 Å². The van der Waals surface area contributed by atoms with Crippen LogP contribution in [-0.2, 0) is 18.3 Å². The van der Waals surface area contributed by atoms with Crippen molar-refractivity contribution in [2.24, 2.45) is 0 Å². The molecule has 0 amide bonds. The molecule has 120 valence electrons. The maximum Gasteiger partial charge on any atom is 0.337 e. The average molecular weight is 369 g/mol. The molecule has 0 atom stereocenters. The number of rotatable bonds is 4. The minimum absolute atomic E-state index is 0. The van der Waals surface area contributed by atoms with E-state index in [0.29, 0.717) is 0 Å². The van der Waals surface area contributed by atoms with Crippen molar-refractivity contribution in [3.63, 3.8) is 0 Å². The third-order valence-electron chi connectivity index (χ3n) is 0.737. The van der Waals surface area contributed by atoms with Gasteiger partial charge < -0.3 is 45.3 Å². The molecule has 19 heavy (non-hydrogen) atoms. The van der Waals surface area contributed by atoms with E-state index in [0.717, 1.165) is 0 Å². The zero-order valence-electron chi connectivity index (χ0n) is 9.12. The summed E-state index contributed by atoms with van der Waals surface area (Å²) in [5.41, 5.74) is 0. The van der Waals surface area contributed by atoms with Crippen molar-refractivity contribution in [1.29, 1.82) is 0 Å². The Labute approximate surface area is 106 Å². The summed E-state index contributed by atoms with van der Waals surface area (Å²) in [4.78, 5) is 63.8. The summed E-state index contributed by atoms with van der Waals surface area (Å²) in [6, 6.07) is 0. The lowest BCUT2D eigenvalue weighted by atomic mass is 11.9. The molecule has 0 aromatic heterocycles. The van der Waals surface area contributed by atoms with Crippen LogP contribution in [0.4, 0.5) is 0 Å². The fourth-order valence-electron chi connectivity index (χ4n) is 0.480. The van der Waals surface area contributed by atoms with Gasteiger partial charge in [0.25, 0.3) is 0 Å². The van der Waals surface area contributed by atoms with Gasteiger partial charge in [-0.2, -0.15) is 0 Å². The van der Waals surface area contributed by atoms with Crippen molar-refractivity contribution in [3.05, 3.63) is 0 Å². The van der Waals surface area contributed by atoms with Gasteiger partial charge in [-0.05, 0) is 0 Å². The van der Waals surface area contributed by atoms with Gasteiger partial charge in [0.15, 0.2) is 11.8 Å². The minimum Gasteiger partial charge on any atom is -0.344 e. The Morgan fingerprint density at radius 3 is 0.579 bits per heavy atom. The number of hydrogen-bond acceptors (Lipinski definition) is 5. The van der Waals surface area contributed by atoms with Crippen molar-refractivity contribution in [2.75, 3.05) is 11.8 Å². The Kier molecular flexibility index (Phi) is 10.5. The molecule has 0 aliphatic heterocycles. The molecule has 0 unspecified atom stereocenters. The third kappa shape index (κ3) is 32.3. The van der Waals surface area contributed by atoms with E-state index in [1.54, 1.807) is 0 Å². The van der Waals surface area contributed by atoms with Gasteiger partial charge in [0.2, 0.25) is 0 Å². The normalized spacial score (nSPS) is 13.1. The van der Waals surface area contributed by atoms with Crippen LogP contribution in [0.1, 0.15) is 0 Å². The zero-order chi connectivity index (χ0) is 15.4. The maximum atomic E-state index is 9.85. The molecule has 0 fully saturated rings. The Balaban J connectivity index is -0.000000256. The molecular weight excluding hydrogens is 354 g/mol. The monoisotopic (exact) mass is 369 g/mol. The predicted molar refractivity (Wildman–Crippen MR) is 62.9 cm³/mol. The molecule has 0 heterocycles. The van der Waals surface area contributed by atoms with Crippen LogP contribution >= 0.6 is 30.4 Å². The topological polar surface area (TPSA) is 265 Å². The lowest BCUT2D eigenvalue weighted by Crippen LogP contribution is -1.88.